The van der Waals surface area contributed by atoms with Crippen LogP contribution in [0.5, 0.6) is 0 Å². The van der Waals surface area contributed by atoms with Gasteiger partial charge in [0, 0.05) is 42.0 Å². The first-order valence-corrected chi connectivity index (χ1v) is 12.0. The van der Waals surface area contributed by atoms with Crippen LogP contribution in [0.1, 0.15) is 15.9 Å². The summed E-state index contributed by atoms with van der Waals surface area (Å²) >= 11 is 1.44. The molecule has 7 nitrogen and oxygen atoms in total. The zero-order valence-corrected chi connectivity index (χ0v) is 17.8. The van der Waals surface area contributed by atoms with Crippen molar-refractivity contribution in [3.05, 3.63) is 65.1 Å². The van der Waals surface area contributed by atoms with Gasteiger partial charge < -0.3 is 10.2 Å². The Bertz CT molecular complexity index is 1090. The van der Waals surface area contributed by atoms with Gasteiger partial charge in [-0.1, -0.05) is 30.3 Å². The molecule has 1 N–H and O–H groups in total. The van der Waals surface area contributed by atoms with Crippen molar-refractivity contribution in [1.29, 1.82) is 0 Å². The number of rotatable bonds is 4. The molecule has 2 aromatic carbocycles. The van der Waals surface area contributed by atoms with E-state index in [0.717, 1.165) is 10.5 Å². The molecule has 0 bridgehead atoms. The Kier molecular flexibility index (Phi) is 5.94. The molecule has 2 aliphatic rings. The number of fused-ring (bicyclic) bond motifs is 1. The molecule has 1 saturated heterocycles. The standard InChI is InChI=1S/C21H21N3O4S2/c25-20-15-29-19-7-6-17(14-18(19)22-20)21(26)23-9-11-24(12-10-23)30(27,28)13-8-16-4-2-1-3-5-16/h1-8,13-14H,9-12,15H2,(H,22,25)/b13-8+. The zero-order chi connectivity index (χ0) is 21.1. The average Bonchev–Trinajstić information content (AvgIpc) is 2.77. The number of thioether (sulfide) groups is 1. The lowest BCUT2D eigenvalue weighted by atomic mass is 10.1. The molecule has 2 aromatic rings. The molecule has 0 atom stereocenters. The second kappa shape index (κ2) is 8.63. The summed E-state index contributed by atoms with van der Waals surface area (Å²) in [7, 11) is -3.55. The third-order valence-electron chi connectivity index (χ3n) is 4.98. The first kappa shape index (κ1) is 20.6. The number of sulfonamides is 1. The van der Waals surface area contributed by atoms with E-state index in [4.69, 9.17) is 0 Å². The number of nitrogens with zero attached hydrogens (tertiary/aromatic N) is 2. The second-order valence-electron chi connectivity index (χ2n) is 7.00. The highest BCUT2D eigenvalue weighted by atomic mass is 32.2. The largest absolute Gasteiger partial charge is 0.336 e. The van der Waals surface area contributed by atoms with Crippen LogP contribution >= 0.6 is 11.8 Å². The van der Waals surface area contributed by atoms with Crippen molar-refractivity contribution in [1.82, 2.24) is 9.21 Å². The van der Waals surface area contributed by atoms with Gasteiger partial charge in [0.15, 0.2) is 0 Å². The van der Waals surface area contributed by atoms with Crippen LogP contribution in [-0.2, 0) is 14.8 Å². The molecule has 0 aromatic heterocycles. The van der Waals surface area contributed by atoms with Gasteiger partial charge in [0.05, 0.1) is 11.4 Å². The first-order chi connectivity index (χ1) is 14.4. The Morgan fingerprint density at radius 1 is 1.03 bits per heavy atom. The minimum absolute atomic E-state index is 0.0838. The molecule has 4 rings (SSSR count). The highest BCUT2D eigenvalue weighted by Gasteiger charge is 2.28. The van der Waals surface area contributed by atoms with Crippen LogP contribution in [0, 0.1) is 0 Å². The summed E-state index contributed by atoms with van der Waals surface area (Å²) < 4.78 is 26.6. The van der Waals surface area contributed by atoms with Gasteiger partial charge in [0.2, 0.25) is 15.9 Å². The molecule has 0 saturated carbocycles. The molecule has 2 aliphatic heterocycles. The van der Waals surface area contributed by atoms with E-state index in [9.17, 15) is 18.0 Å². The number of hydrogen-bond acceptors (Lipinski definition) is 5. The molecule has 0 aliphatic carbocycles. The van der Waals surface area contributed by atoms with E-state index >= 15 is 0 Å². The summed E-state index contributed by atoms with van der Waals surface area (Å²) in [5.74, 6) is 0.120. The van der Waals surface area contributed by atoms with Gasteiger partial charge in [0.25, 0.3) is 5.91 Å². The fourth-order valence-electron chi connectivity index (χ4n) is 3.36. The van der Waals surface area contributed by atoms with Gasteiger partial charge in [-0.25, -0.2) is 8.42 Å². The smallest absolute Gasteiger partial charge is 0.254 e. The maximum Gasteiger partial charge on any atom is 0.254 e. The lowest BCUT2D eigenvalue weighted by Gasteiger charge is -2.33. The highest BCUT2D eigenvalue weighted by Crippen LogP contribution is 2.32. The van der Waals surface area contributed by atoms with E-state index in [-0.39, 0.29) is 24.9 Å². The van der Waals surface area contributed by atoms with Crippen molar-refractivity contribution >= 4 is 45.4 Å². The summed E-state index contributed by atoms with van der Waals surface area (Å²) in [4.78, 5) is 27.0. The van der Waals surface area contributed by atoms with Crippen LogP contribution in [-0.4, -0.2) is 61.4 Å². The Labute approximate surface area is 179 Å². The third-order valence-corrected chi connectivity index (χ3v) is 7.62. The fraction of sp³-hybridized carbons (Fsp3) is 0.238. The molecule has 0 unspecified atom stereocenters. The van der Waals surface area contributed by atoms with Crippen LogP contribution < -0.4 is 5.32 Å². The van der Waals surface area contributed by atoms with Gasteiger partial charge >= 0.3 is 0 Å². The first-order valence-electron chi connectivity index (χ1n) is 9.52. The van der Waals surface area contributed by atoms with Crippen molar-refractivity contribution in [2.45, 2.75) is 4.90 Å². The highest BCUT2D eigenvalue weighted by molar-refractivity contribution is 8.00. The Hall–Kier alpha value is -2.62. The average molecular weight is 444 g/mol. The van der Waals surface area contributed by atoms with E-state index in [1.807, 2.05) is 36.4 Å². The maximum atomic E-state index is 12.9. The Balaban J connectivity index is 1.39. The minimum atomic E-state index is -3.55. The predicted octanol–water partition coefficient (Wildman–Crippen LogP) is 2.49. The molecule has 0 spiro atoms. The van der Waals surface area contributed by atoms with Crippen molar-refractivity contribution in [2.24, 2.45) is 0 Å². The molecule has 0 radical (unpaired) electrons. The number of nitrogens with one attached hydrogen (secondary N) is 1. The zero-order valence-electron chi connectivity index (χ0n) is 16.2. The van der Waals surface area contributed by atoms with Gasteiger partial charge in [-0.05, 0) is 29.8 Å². The topological polar surface area (TPSA) is 86.8 Å². The second-order valence-corrected chi connectivity index (χ2v) is 9.83. The van der Waals surface area contributed by atoms with Crippen molar-refractivity contribution < 1.29 is 18.0 Å². The van der Waals surface area contributed by atoms with E-state index in [1.165, 1.54) is 21.5 Å². The van der Waals surface area contributed by atoms with E-state index < -0.39 is 10.0 Å². The van der Waals surface area contributed by atoms with E-state index in [1.54, 1.807) is 23.1 Å². The van der Waals surface area contributed by atoms with Crippen LogP contribution in [0.4, 0.5) is 5.69 Å². The van der Waals surface area contributed by atoms with Crippen LogP contribution in [0.15, 0.2) is 58.8 Å². The summed E-state index contributed by atoms with van der Waals surface area (Å²) in [6.45, 7) is 1.11. The molecule has 2 amide bonds. The maximum absolute atomic E-state index is 12.9. The van der Waals surface area contributed by atoms with Crippen LogP contribution in [0.25, 0.3) is 6.08 Å². The molecular weight excluding hydrogens is 422 g/mol. The number of hydrogen-bond donors (Lipinski definition) is 1. The van der Waals surface area contributed by atoms with Crippen LogP contribution in [0.2, 0.25) is 0 Å². The van der Waals surface area contributed by atoms with Gasteiger partial charge in [-0.3, -0.25) is 9.59 Å². The number of anilines is 1. The molecule has 2 heterocycles. The number of benzene rings is 2. The number of carbonyl (C=O) groups is 2. The monoisotopic (exact) mass is 443 g/mol. The quantitative estimate of drug-likeness (QED) is 0.785. The fourth-order valence-corrected chi connectivity index (χ4v) is 5.32. The number of piperazine rings is 1. The van der Waals surface area contributed by atoms with Gasteiger partial charge in [0.1, 0.15) is 0 Å². The summed E-state index contributed by atoms with van der Waals surface area (Å²) in [5.41, 5.74) is 1.94. The Morgan fingerprint density at radius 2 is 1.77 bits per heavy atom. The SMILES string of the molecule is O=C1CSc2ccc(C(=O)N3CCN(S(=O)(=O)/C=C/c4ccccc4)CC3)cc2N1. The molecule has 156 valence electrons. The summed E-state index contributed by atoms with van der Waals surface area (Å²) in [6, 6.07) is 14.5. The molecular formula is C21H21N3O4S2. The van der Waals surface area contributed by atoms with Crippen molar-refractivity contribution in [3.8, 4) is 0 Å². The van der Waals surface area contributed by atoms with Crippen molar-refractivity contribution in [3.63, 3.8) is 0 Å². The van der Waals surface area contributed by atoms with E-state index in [2.05, 4.69) is 5.32 Å². The molecule has 1 fully saturated rings. The summed E-state index contributed by atoms with van der Waals surface area (Å²) in [6.07, 6.45) is 1.58. The Morgan fingerprint density at radius 3 is 2.50 bits per heavy atom. The predicted molar refractivity (Wildman–Crippen MR) is 118 cm³/mol. The van der Waals surface area contributed by atoms with Gasteiger partial charge in [-0.2, -0.15) is 4.31 Å². The lowest BCUT2D eigenvalue weighted by Crippen LogP contribution is -2.50. The number of carbonyl (C=O) groups excluding carboxylic acids is 2. The lowest BCUT2D eigenvalue weighted by molar-refractivity contribution is -0.113. The number of amides is 2. The summed E-state index contributed by atoms with van der Waals surface area (Å²) in [5, 5.41) is 4.00. The molecule has 30 heavy (non-hydrogen) atoms. The van der Waals surface area contributed by atoms with Crippen LogP contribution in [0.3, 0.4) is 0 Å². The van der Waals surface area contributed by atoms with Crippen molar-refractivity contribution in [2.75, 3.05) is 37.2 Å². The van der Waals surface area contributed by atoms with Gasteiger partial charge in [-0.15, -0.1) is 11.8 Å². The minimum Gasteiger partial charge on any atom is -0.336 e. The molecule has 9 heteroatoms. The normalized spacial score (nSPS) is 17.6. The van der Waals surface area contributed by atoms with E-state index in [0.29, 0.717) is 30.1 Å². The third kappa shape index (κ3) is 4.58.